The Labute approximate surface area is 178 Å². The maximum absolute atomic E-state index is 12.8. The number of fused-ring (bicyclic) bond motifs is 2. The van der Waals surface area contributed by atoms with E-state index in [0.29, 0.717) is 42.0 Å². The van der Waals surface area contributed by atoms with E-state index in [-0.39, 0.29) is 22.9 Å². The van der Waals surface area contributed by atoms with Gasteiger partial charge in [0.05, 0.1) is 29.7 Å². The molecule has 1 aliphatic carbocycles. The first-order valence-corrected chi connectivity index (χ1v) is 10.2. The predicted octanol–water partition coefficient (Wildman–Crippen LogP) is 3.89. The van der Waals surface area contributed by atoms with Gasteiger partial charge in [-0.1, -0.05) is 19.9 Å². The second kappa shape index (κ2) is 6.94. The van der Waals surface area contributed by atoms with E-state index in [1.165, 1.54) is 0 Å². The standard InChI is InChI=1S/C23H23N5O3/c1-14-20-17(29)8-23(2,3)9-18(20)31-21(14)22(30)26-15-10-24-28(12-15)13-16-11-27-7-5-4-6-19(27)25-16/h4-7,10-12H,8-9,13H2,1-3H3,(H,26,30). The molecule has 0 aromatic carbocycles. The highest BCUT2D eigenvalue weighted by atomic mass is 16.4. The molecule has 0 unspecified atom stereocenters. The molecular formula is C23H23N5O3. The number of aromatic nitrogens is 4. The summed E-state index contributed by atoms with van der Waals surface area (Å²) in [6.07, 6.45) is 8.31. The number of nitrogens with zero attached hydrogens (tertiary/aromatic N) is 4. The number of ketones is 1. The van der Waals surface area contributed by atoms with Gasteiger partial charge in [-0.15, -0.1) is 0 Å². The zero-order valence-corrected chi connectivity index (χ0v) is 17.7. The normalized spacial score (nSPS) is 15.3. The van der Waals surface area contributed by atoms with Crippen LogP contribution in [0.5, 0.6) is 0 Å². The Kier molecular flexibility index (Phi) is 4.32. The van der Waals surface area contributed by atoms with E-state index in [2.05, 4.69) is 15.4 Å². The van der Waals surface area contributed by atoms with Crippen LogP contribution in [0.4, 0.5) is 5.69 Å². The average molecular weight is 417 g/mol. The lowest BCUT2D eigenvalue weighted by Gasteiger charge is -2.27. The molecule has 31 heavy (non-hydrogen) atoms. The largest absolute Gasteiger partial charge is 0.455 e. The second-order valence-electron chi connectivity index (χ2n) is 8.87. The summed E-state index contributed by atoms with van der Waals surface area (Å²) in [6, 6.07) is 5.83. The maximum atomic E-state index is 12.8. The molecule has 0 atom stereocenters. The molecule has 158 valence electrons. The number of imidazole rings is 1. The van der Waals surface area contributed by atoms with Gasteiger partial charge in [-0.2, -0.15) is 5.10 Å². The van der Waals surface area contributed by atoms with Crippen molar-refractivity contribution in [2.75, 3.05) is 5.32 Å². The number of pyridine rings is 1. The Hall–Kier alpha value is -3.68. The van der Waals surface area contributed by atoms with Gasteiger partial charge in [0.2, 0.25) is 0 Å². The second-order valence-corrected chi connectivity index (χ2v) is 8.87. The van der Waals surface area contributed by atoms with Crippen LogP contribution in [-0.2, 0) is 13.0 Å². The van der Waals surface area contributed by atoms with Crippen molar-refractivity contribution in [2.24, 2.45) is 5.41 Å². The first-order valence-electron chi connectivity index (χ1n) is 10.2. The molecule has 0 saturated carbocycles. The SMILES string of the molecule is Cc1c(C(=O)Nc2cnn(Cc3cn4ccccc4n3)c2)oc2c1C(=O)CC(C)(C)C2. The number of furan rings is 1. The van der Waals surface area contributed by atoms with Crippen LogP contribution in [0, 0.1) is 12.3 Å². The average Bonchev–Trinajstić information content (AvgIpc) is 3.38. The van der Waals surface area contributed by atoms with Crippen LogP contribution in [0.2, 0.25) is 0 Å². The molecule has 1 aliphatic rings. The van der Waals surface area contributed by atoms with Crippen molar-refractivity contribution in [1.29, 1.82) is 0 Å². The maximum Gasteiger partial charge on any atom is 0.291 e. The van der Waals surface area contributed by atoms with Crippen molar-refractivity contribution in [3.63, 3.8) is 0 Å². The molecule has 0 aliphatic heterocycles. The fourth-order valence-electron chi connectivity index (χ4n) is 4.23. The zero-order chi connectivity index (χ0) is 21.8. The lowest BCUT2D eigenvalue weighted by atomic mass is 9.76. The summed E-state index contributed by atoms with van der Waals surface area (Å²) in [5, 5.41) is 7.14. The predicted molar refractivity (Wildman–Crippen MR) is 114 cm³/mol. The van der Waals surface area contributed by atoms with Gasteiger partial charge in [-0.05, 0) is 24.5 Å². The van der Waals surface area contributed by atoms with Gasteiger partial charge >= 0.3 is 0 Å². The van der Waals surface area contributed by atoms with Gasteiger partial charge < -0.3 is 14.1 Å². The molecule has 0 fully saturated rings. The summed E-state index contributed by atoms with van der Waals surface area (Å²) in [5.41, 5.74) is 3.28. The van der Waals surface area contributed by atoms with E-state index in [4.69, 9.17) is 4.42 Å². The molecule has 4 aromatic rings. The van der Waals surface area contributed by atoms with E-state index in [1.54, 1.807) is 24.0 Å². The summed E-state index contributed by atoms with van der Waals surface area (Å²) in [4.78, 5) is 29.9. The zero-order valence-electron chi connectivity index (χ0n) is 17.7. The van der Waals surface area contributed by atoms with Crippen molar-refractivity contribution in [2.45, 2.75) is 40.2 Å². The Morgan fingerprint density at radius 3 is 2.90 bits per heavy atom. The van der Waals surface area contributed by atoms with E-state index < -0.39 is 0 Å². The first kappa shape index (κ1) is 19.3. The Balaban J connectivity index is 1.33. The quantitative estimate of drug-likeness (QED) is 0.544. The van der Waals surface area contributed by atoms with Gasteiger partial charge in [0.25, 0.3) is 5.91 Å². The molecule has 4 aromatic heterocycles. The third kappa shape index (κ3) is 3.54. The molecule has 1 N–H and O–H groups in total. The summed E-state index contributed by atoms with van der Waals surface area (Å²) < 4.78 is 9.50. The molecule has 1 amide bonds. The van der Waals surface area contributed by atoms with Crippen LogP contribution in [0.1, 0.15) is 58.2 Å². The van der Waals surface area contributed by atoms with Gasteiger partial charge in [-0.3, -0.25) is 14.3 Å². The monoisotopic (exact) mass is 417 g/mol. The summed E-state index contributed by atoms with van der Waals surface area (Å²) >= 11 is 0. The van der Waals surface area contributed by atoms with Crippen molar-refractivity contribution in [1.82, 2.24) is 19.2 Å². The number of nitrogens with one attached hydrogen (secondary N) is 1. The molecule has 5 rings (SSSR count). The smallest absolute Gasteiger partial charge is 0.291 e. The summed E-state index contributed by atoms with van der Waals surface area (Å²) in [5.74, 6) is 0.437. The van der Waals surface area contributed by atoms with Gasteiger partial charge in [-0.25, -0.2) is 4.98 Å². The number of rotatable bonds is 4. The molecule has 4 heterocycles. The number of Topliss-reactive ketones (excluding diaryl/α,β-unsaturated/α-hetero) is 1. The number of hydrogen-bond acceptors (Lipinski definition) is 5. The van der Waals surface area contributed by atoms with E-state index >= 15 is 0 Å². The highest BCUT2D eigenvalue weighted by Crippen LogP contribution is 2.38. The Bertz CT molecular complexity index is 1290. The lowest BCUT2D eigenvalue weighted by molar-refractivity contribution is 0.0898. The highest BCUT2D eigenvalue weighted by molar-refractivity contribution is 6.07. The van der Waals surface area contributed by atoms with Crippen molar-refractivity contribution >= 4 is 23.0 Å². The number of carbonyl (C=O) groups is 2. The topological polar surface area (TPSA) is 94.4 Å². The van der Waals surface area contributed by atoms with E-state index in [0.717, 1.165) is 11.3 Å². The van der Waals surface area contributed by atoms with Crippen LogP contribution in [-0.4, -0.2) is 30.9 Å². The van der Waals surface area contributed by atoms with E-state index in [1.807, 2.05) is 48.8 Å². The van der Waals surface area contributed by atoms with Crippen LogP contribution < -0.4 is 5.32 Å². The van der Waals surface area contributed by atoms with E-state index in [9.17, 15) is 9.59 Å². The molecule has 0 saturated heterocycles. The Morgan fingerprint density at radius 2 is 2.10 bits per heavy atom. The van der Waals surface area contributed by atoms with Crippen molar-refractivity contribution < 1.29 is 14.0 Å². The first-order chi connectivity index (χ1) is 14.8. The summed E-state index contributed by atoms with van der Waals surface area (Å²) in [6.45, 7) is 6.31. The van der Waals surface area contributed by atoms with Crippen LogP contribution in [0.3, 0.4) is 0 Å². The van der Waals surface area contributed by atoms with Crippen LogP contribution >= 0.6 is 0 Å². The number of hydrogen-bond donors (Lipinski definition) is 1. The highest BCUT2D eigenvalue weighted by Gasteiger charge is 2.37. The molecule has 8 nitrogen and oxygen atoms in total. The fourth-order valence-corrected chi connectivity index (χ4v) is 4.23. The number of carbonyl (C=O) groups excluding carboxylic acids is 2. The summed E-state index contributed by atoms with van der Waals surface area (Å²) in [7, 11) is 0. The van der Waals surface area contributed by atoms with Crippen LogP contribution in [0.25, 0.3) is 5.65 Å². The van der Waals surface area contributed by atoms with Crippen LogP contribution in [0.15, 0.2) is 47.4 Å². The van der Waals surface area contributed by atoms with Crippen molar-refractivity contribution in [3.05, 3.63) is 71.3 Å². The third-order valence-electron chi connectivity index (χ3n) is 5.61. The molecular weight excluding hydrogens is 394 g/mol. The number of anilines is 1. The molecule has 0 radical (unpaired) electrons. The van der Waals surface area contributed by atoms with Gasteiger partial charge in [0.15, 0.2) is 11.5 Å². The third-order valence-corrected chi connectivity index (χ3v) is 5.61. The number of amides is 1. The minimum absolute atomic E-state index is 0.0341. The lowest BCUT2D eigenvalue weighted by Crippen LogP contribution is -2.26. The molecule has 8 heteroatoms. The molecule has 0 spiro atoms. The minimum Gasteiger partial charge on any atom is -0.455 e. The van der Waals surface area contributed by atoms with Crippen molar-refractivity contribution in [3.8, 4) is 0 Å². The van der Waals surface area contributed by atoms with Gasteiger partial charge in [0.1, 0.15) is 11.4 Å². The minimum atomic E-state index is -0.384. The Morgan fingerprint density at radius 1 is 1.26 bits per heavy atom. The molecule has 0 bridgehead atoms. The fraction of sp³-hybridized carbons (Fsp3) is 0.304. The van der Waals surface area contributed by atoms with Gasteiger partial charge in [0, 0.05) is 37.0 Å².